The zero-order valence-corrected chi connectivity index (χ0v) is 8.25. The van der Waals surface area contributed by atoms with E-state index in [0.29, 0.717) is 0 Å². The molecule has 0 fully saturated rings. The summed E-state index contributed by atoms with van der Waals surface area (Å²) in [4.78, 5) is 0. The largest absolute Gasteiger partial charge is 0.381 e. The summed E-state index contributed by atoms with van der Waals surface area (Å²) in [5, 5.41) is 0. The van der Waals surface area contributed by atoms with Gasteiger partial charge in [0.15, 0.2) is 0 Å². The third-order valence-corrected chi connectivity index (χ3v) is 0. The predicted molar refractivity (Wildman–Crippen MR) is 12.2 cm³/mol. The summed E-state index contributed by atoms with van der Waals surface area (Å²) >= 11 is 0. The van der Waals surface area contributed by atoms with E-state index in [1.54, 1.807) is 10.1 Å². The van der Waals surface area contributed by atoms with Gasteiger partial charge < -0.3 is 4.46 Å². The topological polar surface area (TPSA) is 17.1 Å². The summed E-state index contributed by atoms with van der Waals surface area (Å²) in [5.74, 6) is 0. The molecule has 0 N–H and O–H groups in total. The van der Waals surface area contributed by atoms with Crippen LogP contribution in [0.15, 0.2) is 0 Å². The van der Waals surface area contributed by atoms with Crippen LogP contribution in [0.3, 0.4) is 0 Å². The Kier molecular flexibility index (Phi) is 100. The Bertz CT molecular complexity index is 8.00. The molecule has 0 amide bonds. The van der Waals surface area contributed by atoms with Crippen LogP contribution in [0, 0.1) is 0 Å². The van der Waals surface area contributed by atoms with Crippen LogP contribution in [0.1, 0.15) is 0 Å². The maximum absolute atomic E-state index is 8.06. The Morgan fingerprint density at radius 3 is 1.25 bits per heavy atom. The average molecular weight is 356 g/mol. The fraction of sp³-hybridized carbons (Fsp3) is 0. The molecule has 0 atom stereocenters. The van der Waals surface area contributed by atoms with Gasteiger partial charge in [-0.1, -0.05) is 0 Å². The van der Waals surface area contributed by atoms with E-state index in [9.17, 15) is 0 Å². The zero-order valence-electron chi connectivity index (χ0n) is 1.79. The molecule has 0 aliphatic heterocycles. The minimum atomic E-state index is 0. The first kappa shape index (κ1) is 17.5. The maximum Gasteiger partial charge on any atom is 0.381 e. The van der Waals surface area contributed by atoms with Gasteiger partial charge in [0.1, 0.15) is 0 Å². The van der Waals surface area contributed by atoms with Crippen LogP contribution in [0.5, 0.6) is 0 Å². The van der Waals surface area contributed by atoms with Gasteiger partial charge in [-0.25, -0.2) is 0 Å². The second-order valence-electron chi connectivity index (χ2n) is 0. The normalized spacial score (nSPS) is 1.00. The molecule has 4 heavy (non-hydrogen) atoms. The van der Waals surface area contributed by atoms with E-state index in [4.69, 9.17) is 4.46 Å². The molecule has 0 rings (SSSR count). The molecule has 24 valence electrons. The quantitative estimate of drug-likeness (QED) is 0.516. The summed E-state index contributed by atoms with van der Waals surface area (Å²) in [5.41, 5.74) is 0. The van der Waals surface area contributed by atoms with E-state index in [1.165, 1.54) is 0 Å². The van der Waals surface area contributed by atoms with Crippen molar-refractivity contribution >= 4 is 36.0 Å². The first-order valence-electron chi connectivity index (χ1n) is 0.204. The van der Waals surface area contributed by atoms with E-state index < -0.39 is 0 Å². The molecular weight excluding hydrogens is 356 g/mol. The first-order valence-corrected chi connectivity index (χ1v) is 0.612. The predicted octanol–water partition coefficient (Wildman–Crippen LogP) is -0.883. The summed E-state index contributed by atoms with van der Waals surface area (Å²) in [6.45, 7) is 0. The molecular formula is AuInOSi. The van der Waals surface area contributed by atoms with Gasteiger partial charge in [-0.3, -0.25) is 0 Å². The maximum atomic E-state index is 8.06. The molecule has 0 saturated carbocycles. The summed E-state index contributed by atoms with van der Waals surface area (Å²) in [7, 11) is 1.72. The third-order valence-electron chi connectivity index (χ3n) is 0. The van der Waals surface area contributed by atoms with Gasteiger partial charge in [-0.15, -0.1) is 0 Å². The van der Waals surface area contributed by atoms with E-state index in [0.717, 1.165) is 0 Å². The van der Waals surface area contributed by atoms with Gasteiger partial charge in [0.25, 0.3) is 0 Å². The Balaban J connectivity index is -0.00000000500. The zero-order chi connectivity index (χ0) is 2.00. The van der Waals surface area contributed by atoms with Gasteiger partial charge in [0.05, 0.1) is 0 Å². The van der Waals surface area contributed by atoms with Crippen molar-refractivity contribution in [1.82, 2.24) is 0 Å². The second-order valence-corrected chi connectivity index (χ2v) is 0. The van der Waals surface area contributed by atoms with Crippen molar-refractivity contribution in [3.05, 3.63) is 0 Å². The van der Waals surface area contributed by atoms with Gasteiger partial charge in [-0.2, -0.15) is 0 Å². The van der Waals surface area contributed by atoms with Crippen LogP contribution in [0.25, 0.3) is 0 Å². The monoisotopic (exact) mass is 356 g/mol. The SMILES string of the molecule is O=[Si].[Au].[In]. The van der Waals surface area contributed by atoms with Crippen LogP contribution in [-0.4, -0.2) is 36.0 Å². The van der Waals surface area contributed by atoms with Crippen LogP contribution in [0.2, 0.25) is 0 Å². The van der Waals surface area contributed by atoms with Gasteiger partial charge in [0, 0.05) is 48.2 Å². The molecule has 0 heterocycles. The Hall–Kier alpha value is 1.63. The Morgan fingerprint density at radius 1 is 1.25 bits per heavy atom. The van der Waals surface area contributed by atoms with Crippen molar-refractivity contribution in [2.45, 2.75) is 0 Å². The smallest absolute Gasteiger partial charge is 0.381 e. The molecule has 0 aromatic carbocycles. The van der Waals surface area contributed by atoms with Crippen LogP contribution >= 0.6 is 0 Å². The molecule has 1 nitrogen and oxygen atoms in total. The fourth-order valence-corrected chi connectivity index (χ4v) is 0. The Labute approximate surface area is 62.3 Å². The van der Waals surface area contributed by atoms with Crippen molar-refractivity contribution in [2.24, 2.45) is 0 Å². The van der Waals surface area contributed by atoms with Crippen LogP contribution in [0.4, 0.5) is 0 Å². The van der Waals surface area contributed by atoms with Crippen molar-refractivity contribution in [3.8, 4) is 0 Å². The third kappa shape index (κ3) is 9.46. The fourth-order valence-electron chi connectivity index (χ4n) is 0. The molecule has 4 heteroatoms. The number of hydrogen-bond acceptors (Lipinski definition) is 1. The van der Waals surface area contributed by atoms with E-state index >= 15 is 0 Å². The van der Waals surface area contributed by atoms with E-state index in [1.807, 2.05) is 0 Å². The van der Waals surface area contributed by atoms with Crippen molar-refractivity contribution in [1.29, 1.82) is 0 Å². The molecule has 0 aliphatic carbocycles. The van der Waals surface area contributed by atoms with Crippen LogP contribution < -0.4 is 0 Å². The first-order chi connectivity index (χ1) is 1.00. The molecule has 0 saturated heterocycles. The molecule has 0 aliphatic rings. The minimum absolute atomic E-state index is 0. The molecule has 0 spiro atoms. The van der Waals surface area contributed by atoms with Crippen molar-refractivity contribution in [3.63, 3.8) is 0 Å². The summed E-state index contributed by atoms with van der Waals surface area (Å²) in [6, 6.07) is 0. The molecule has 0 bridgehead atoms. The van der Waals surface area contributed by atoms with Crippen molar-refractivity contribution in [2.75, 3.05) is 0 Å². The van der Waals surface area contributed by atoms with E-state index in [2.05, 4.69) is 0 Å². The van der Waals surface area contributed by atoms with Gasteiger partial charge in [0.2, 0.25) is 0 Å². The molecule has 0 aromatic rings. The standard InChI is InChI=1S/Au.In.OSi/c;;1-2. The molecule has 0 aromatic heterocycles. The summed E-state index contributed by atoms with van der Waals surface area (Å²) < 4.78 is 8.06. The minimum Gasteiger partial charge on any atom is -0.381 e. The molecule has 6 radical (unpaired) electrons. The van der Waals surface area contributed by atoms with E-state index in [-0.39, 0.29) is 48.2 Å². The molecule has 0 unspecified atom stereocenters. The van der Waals surface area contributed by atoms with Gasteiger partial charge in [-0.05, 0) is 0 Å². The average Bonchev–Trinajstić information content (AvgIpc) is 1.00. The Morgan fingerprint density at radius 2 is 1.25 bits per heavy atom. The van der Waals surface area contributed by atoms with Crippen molar-refractivity contribution < 1.29 is 26.8 Å². The van der Waals surface area contributed by atoms with Crippen LogP contribution in [-0.2, 0) is 26.8 Å². The van der Waals surface area contributed by atoms with Gasteiger partial charge >= 0.3 is 10.1 Å². The number of hydrogen-bond donors (Lipinski definition) is 0. The number of rotatable bonds is 0. The summed E-state index contributed by atoms with van der Waals surface area (Å²) in [6.07, 6.45) is 0. The second kappa shape index (κ2) is 23.0.